The van der Waals surface area contributed by atoms with Crippen LogP contribution < -0.4 is 10.2 Å². The molecule has 0 fully saturated rings. The van der Waals surface area contributed by atoms with Gasteiger partial charge in [0.2, 0.25) is 0 Å². The van der Waals surface area contributed by atoms with Gasteiger partial charge in [-0.1, -0.05) is 25.1 Å². The summed E-state index contributed by atoms with van der Waals surface area (Å²) in [6, 6.07) is 8.32. The molecule has 1 unspecified atom stereocenters. The van der Waals surface area contributed by atoms with E-state index in [2.05, 4.69) is 43.1 Å². The average Bonchev–Trinajstić information content (AvgIpc) is 2.37. The van der Waals surface area contributed by atoms with Crippen LogP contribution in [0.2, 0.25) is 0 Å². The van der Waals surface area contributed by atoms with Crippen LogP contribution in [0.5, 0.6) is 0 Å². The number of aliphatic hydroxyl groups excluding tert-OH is 1. The molecule has 18 heavy (non-hydrogen) atoms. The second-order valence-corrected chi connectivity index (χ2v) is 4.68. The average molecular weight is 250 g/mol. The summed E-state index contributed by atoms with van der Waals surface area (Å²) in [6.07, 6.45) is 0.776. The second-order valence-electron chi connectivity index (χ2n) is 4.68. The van der Waals surface area contributed by atoms with Crippen molar-refractivity contribution in [2.24, 2.45) is 0 Å². The number of likely N-dealkylation sites (N-methyl/N-ethyl adjacent to an activating group) is 1. The second kappa shape index (κ2) is 8.11. The molecule has 0 aliphatic carbocycles. The van der Waals surface area contributed by atoms with E-state index in [1.165, 1.54) is 11.3 Å². The van der Waals surface area contributed by atoms with Crippen molar-refractivity contribution in [1.29, 1.82) is 0 Å². The van der Waals surface area contributed by atoms with Crippen molar-refractivity contribution >= 4 is 5.69 Å². The molecule has 0 aliphatic rings. The zero-order valence-electron chi connectivity index (χ0n) is 11.8. The molecule has 0 saturated carbocycles. The summed E-state index contributed by atoms with van der Waals surface area (Å²) in [4.78, 5) is 2.23. The van der Waals surface area contributed by atoms with E-state index in [4.69, 9.17) is 0 Å². The molecule has 0 heterocycles. The minimum Gasteiger partial charge on any atom is -0.390 e. The third-order valence-corrected chi connectivity index (χ3v) is 3.08. The van der Waals surface area contributed by atoms with Crippen molar-refractivity contribution in [3.63, 3.8) is 0 Å². The van der Waals surface area contributed by atoms with Crippen LogP contribution in [0, 0.1) is 6.92 Å². The first-order chi connectivity index (χ1) is 8.69. The van der Waals surface area contributed by atoms with E-state index in [0.717, 1.165) is 19.5 Å². The van der Waals surface area contributed by atoms with Gasteiger partial charge in [0, 0.05) is 25.3 Å². The van der Waals surface area contributed by atoms with Crippen LogP contribution in [0.1, 0.15) is 25.8 Å². The number of aliphatic hydroxyl groups is 1. The number of rotatable bonds is 8. The number of aryl methyl sites for hydroxylation is 1. The Labute approximate surface area is 111 Å². The number of hydrogen-bond donors (Lipinski definition) is 2. The quantitative estimate of drug-likeness (QED) is 0.694. The van der Waals surface area contributed by atoms with Gasteiger partial charge in [0.15, 0.2) is 0 Å². The lowest BCUT2D eigenvalue weighted by molar-refractivity contribution is 0.177. The topological polar surface area (TPSA) is 35.5 Å². The van der Waals surface area contributed by atoms with Gasteiger partial charge in [-0.2, -0.15) is 0 Å². The van der Waals surface area contributed by atoms with Crippen LogP contribution in [0.3, 0.4) is 0 Å². The molecule has 2 N–H and O–H groups in total. The van der Waals surface area contributed by atoms with Crippen LogP contribution in [0.15, 0.2) is 24.3 Å². The summed E-state index contributed by atoms with van der Waals surface area (Å²) in [5.41, 5.74) is 2.47. The Bertz CT molecular complexity index is 341. The van der Waals surface area contributed by atoms with Crippen LogP contribution in [0.4, 0.5) is 5.69 Å². The molecule has 0 spiro atoms. The van der Waals surface area contributed by atoms with Gasteiger partial charge >= 0.3 is 0 Å². The normalized spacial score (nSPS) is 12.4. The Hall–Kier alpha value is -1.06. The summed E-state index contributed by atoms with van der Waals surface area (Å²) in [6.45, 7) is 9.58. The van der Waals surface area contributed by atoms with Crippen LogP contribution in [-0.2, 0) is 0 Å². The number of anilines is 1. The highest BCUT2D eigenvalue weighted by molar-refractivity contribution is 5.52. The third-order valence-electron chi connectivity index (χ3n) is 3.08. The van der Waals surface area contributed by atoms with Crippen LogP contribution >= 0.6 is 0 Å². The summed E-state index contributed by atoms with van der Waals surface area (Å²) in [5.74, 6) is 0. The van der Waals surface area contributed by atoms with Crippen LogP contribution in [0.25, 0.3) is 0 Å². The van der Waals surface area contributed by atoms with Crippen molar-refractivity contribution < 1.29 is 5.11 Å². The Kier molecular flexibility index (Phi) is 6.76. The lowest BCUT2D eigenvalue weighted by atomic mass is 10.1. The molecular formula is C15H26N2O. The number of nitrogens with one attached hydrogen (secondary N) is 1. The molecule has 1 atom stereocenters. The van der Waals surface area contributed by atoms with Crippen molar-refractivity contribution in [2.75, 3.05) is 31.1 Å². The fourth-order valence-corrected chi connectivity index (χ4v) is 2.08. The number of hydrogen-bond acceptors (Lipinski definition) is 3. The van der Waals surface area contributed by atoms with Gasteiger partial charge in [0.1, 0.15) is 0 Å². The maximum atomic E-state index is 10.0. The van der Waals surface area contributed by atoms with Gasteiger partial charge in [-0.25, -0.2) is 0 Å². The Balaban J connectivity index is 2.54. The molecule has 0 bridgehead atoms. The van der Waals surface area contributed by atoms with E-state index in [1.807, 2.05) is 12.1 Å². The Morgan fingerprint density at radius 1 is 1.28 bits per heavy atom. The fraction of sp³-hybridized carbons (Fsp3) is 0.600. The van der Waals surface area contributed by atoms with Crippen LogP contribution in [-0.4, -0.2) is 37.4 Å². The van der Waals surface area contributed by atoms with E-state index >= 15 is 0 Å². The highest BCUT2D eigenvalue weighted by atomic mass is 16.3. The van der Waals surface area contributed by atoms with Crippen molar-refractivity contribution in [1.82, 2.24) is 5.32 Å². The summed E-state index contributed by atoms with van der Waals surface area (Å²) in [7, 11) is 0. The van der Waals surface area contributed by atoms with E-state index < -0.39 is 0 Å². The molecule has 0 aromatic heterocycles. The first-order valence-corrected chi connectivity index (χ1v) is 6.88. The molecule has 1 rings (SSSR count). The first-order valence-electron chi connectivity index (χ1n) is 6.88. The largest absolute Gasteiger partial charge is 0.390 e. The van der Waals surface area contributed by atoms with Gasteiger partial charge in [-0.15, -0.1) is 0 Å². The van der Waals surface area contributed by atoms with Gasteiger partial charge < -0.3 is 15.3 Å². The minimum atomic E-state index is -0.323. The number of para-hydroxylation sites is 1. The molecule has 102 valence electrons. The smallest absolute Gasteiger partial charge is 0.0839 e. The predicted octanol–water partition coefficient (Wildman–Crippen LogP) is 2.18. The molecule has 1 aromatic carbocycles. The molecular weight excluding hydrogens is 224 g/mol. The van der Waals surface area contributed by atoms with E-state index in [1.54, 1.807) is 0 Å². The molecule has 3 heteroatoms. The molecule has 0 amide bonds. The highest BCUT2D eigenvalue weighted by Gasteiger charge is 2.12. The van der Waals surface area contributed by atoms with Crippen molar-refractivity contribution in [2.45, 2.75) is 33.3 Å². The molecule has 3 nitrogen and oxygen atoms in total. The Morgan fingerprint density at radius 3 is 2.61 bits per heavy atom. The highest BCUT2D eigenvalue weighted by Crippen LogP contribution is 2.19. The van der Waals surface area contributed by atoms with E-state index in [9.17, 15) is 5.11 Å². The summed E-state index contributed by atoms with van der Waals surface area (Å²) in [5, 5.41) is 13.3. The van der Waals surface area contributed by atoms with E-state index in [0.29, 0.717) is 13.1 Å². The predicted molar refractivity (Wildman–Crippen MR) is 78.2 cm³/mol. The molecule has 0 radical (unpaired) electrons. The monoisotopic (exact) mass is 250 g/mol. The maximum Gasteiger partial charge on any atom is 0.0839 e. The van der Waals surface area contributed by atoms with Gasteiger partial charge in [0.05, 0.1) is 6.10 Å². The zero-order valence-corrected chi connectivity index (χ0v) is 11.8. The van der Waals surface area contributed by atoms with Gasteiger partial charge in [0.25, 0.3) is 0 Å². The lowest BCUT2D eigenvalue weighted by Gasteiger charge is -2.27. The van der Waals surface area contributed by atoms with Gasteiger partial charge in [-0.05, 0) is 38.4 Å². The SMILES string of the molecule is CCCNCC(O)CN(CC)c1ccccc1C. The summed E-state index contributed by atoms with van der Waals surface area (Å²) < 4.78 is 0. The third kappa shape index (κ3) is 4.67. The van der Waals surface area contributed by atoms with E-state index in [-0.39, 0.29) is 6.10 Å². The van der Waals surface area contributed by atoms with Gasteiger partial charge in [-0.3, -0.25) is 0 Å². The maximum absolute atomic E-state index is 10.0. The molecule has 1 aromatic rings. The van der Waals surface area contributed by atoms with Crippen molar-refractivity contribution in [3.8, 4) is 0 Å². The summed E-state index contributed by atoms with van der Waals surface area (Å²) >= 11 is 0. The standard InChI is InChI=1S/C15H26N2O/c1-4-10-16-11-14(18)12-17(5-2)15-9-7-6-8-13(15)3/h6-9,14,16,18H,4-5,10-12H2,1-3H3. The molecule has 0 aliphatic heterocycles. The molecule has 0 saturated heterocycles. The lowest BCUT2D eigenvalue weighted by Crippen LogP contribution is -2.38. The first kappa shape index (κ1) is 15.0. The number of benzene rings is 1. The van der Waals surface area contributed by atoms with Crippen molar-refractivity contribution in [3.05, 3.63) is 29.8 Å². The zero-order chi connectivity index (χ0) is 13.4. The Morgan fingerprint density at radius 2 is 2.00 bits per heavy atom. The fourth-order valence-electron chi connectivity index (χ4n) is 2.08. The number of nitrogens with zero attached hydrogens (tertiary/aromatic N) is 1. The minimum absolute atomic E-state index is 0.323.